The van der Waals surface area contributed by atoms with Gasteiger partial charge in [0.05, 0.1) is 17.0 Å². The zero-order valence-electron chi connectivity index (χ0n) is 13.9. The predicted molar refractivity (Wildman–Crippen MR) is 94.3 cm³/mol. The number of rotatable bonds is 2. The number of anilines is 1. The minimum Gasteiger partial charge on any atom is -0.508 e. The fourth-order valence-corrected chi connectivity index (χ4v) is 3.50. The molecule has 122 valence electrons. The van der Waals surface area contributed by atoms with Crippen molar-refractivity contribution >= 4 is 22.6 Å². The summed E-state index contributed by atoms with van der Waals surface area (Å²) in [4.78, 5) is 19.0. The number of hydrogen-bond acceptors (Lipinski definition) is 3. The van der Waals surface area contributed by atoms with Crippen LogP contribution in [-0.2, 0) is 11.8 Å². The van der Waals surface area contributed by atoms with Gasteiger partial charge in [-0.05, 0) is 55.8 Å². The number of fused-ring (bicyclic) bond motifs is 2. The van der Waals surface area contributed by atoms with Crippen LogP contribution in [-0.4, -0.2) is 27.1 Å². The summed E-state index contributed by atoms with van der Waals surface area (Å²) in [6.07, 6.45) is 0. The van der Waals surface area contributed by atoms with Crippen molar-refractivity contribution in [3.05, 3.63) is 42.0 Å². The molecule has 4 rings (SSSR count). The molecule has 0 bridgehead atoms. The molecule has 1 aromatic heterocycles. The Kier molecular flexibility index (Phi) is 3.13. The van der Waals surface area contributed by atoms with Crippen LogP contribution in [0.5, 0.6) is 5.75 Å². The van der Waals surface area contributed by atoms with E-state index >= 15 is 0 Å². The summed E-state index contributed by atoms with van der Waals surface area (Å²) < 4.78 is 2.04. The lowest BCUT2D eigenvalue weighted by atomic mass is 10.0. The van der Waals surface area contributed by atoms with Gasteiger partial charge in [-0.3, -0.25) is 4.79 Å². The number of carbonyl (C=O) groups is 1. The van der Waals surface area contributed by atoms with Crippen LogP contribution in [0, 0.1) is 0 Å². The molecule has 2 aromatic carbocycles. The summed E-state index contributed by atoms with van der Waals surface area (Å²) >= 11 is 0. The van der Waals surface area contributed by atoms with E-state index in [1.807, 2.05) is 48.6 Å². The lowest BCUT2D eigenvalue weighted by Gasteiger charge is -2.14. The van der Waals surface area contributed by atoms with Crippen molar-refractivity contribution < 1.29 is 9.90 Å². The van der Waals surface area contributed by atoms with Crippen molar-refractivity contribution in [3.8, 4) is 17.1 Å². The van der Waals surface area contributed by atoms with Gasteiger partial charge in [-0.25, -0.2) is 4.98 Å². The Morgan fingerprint density at radius 1 is 1.21 bits per heavy atom. The topological polar surface area (TPSA) is 58.4 Å². The van der Waals surface area contributed by atoms with Gasteiger partial charge in [0.25, 0.3) is 0 Å². The fraction of sp³-hybridized carbons (Fsp3) is 0.263. The van der Waals surface area contributed by atoms with Crippen LogP contribution < -0.4 is 4.90 Å². The molecule has 2 heterocycles. The van der Waals surface area contributed by atoms with Gasteiger partial charge in [-0.2, -0.15) is 0 Å². The van der Waals surface area contributed by atoms with Crippen molar-refractivity contribution in [2.45, 2.75) is 19.8 Å². The highest BCUT2D eigenvalue weighted by Gasteiger charge is 2.34. The van der Waals surface area contributed by atoms with Crippen LogP contribution in [0.25, 0.3) is 22.4 Å². The number of aryl methyl sites for hydroxylation is 1. The number of phenolic OH excluding ortho intramolecular Hbond substituents is 1. The minimum absolute atomic E-state index is 0.114. The lowest BCUT2D eigenvalue weighted by molar-refractivity contribution is -0.118. The first-order valence-corrected chi connectivity index (χ1v) is 8.12. The Morgan fingerprint density at radius 2 is 1.92 bits per heavy atom. The molecule has 0 radical (unpaired) electrons. The van der Waals surface area contributed by atoms with Gasteiger partial charge in [0.15, 0.2) is 0 Å². The Balaban J connectivity index is 1.92. The van der Waals surface area contributed by atoms with E-state index in [9.17, 15) is 9.90 Å². The van der Waals surface area contributed by atoms with Crippen molar-refractivity contribution in [1.82, 2.24) is 9.55 Å². The summed E-state index contributed by atoms with van der Waals surface area (Å²) in [5.41, 5.74) is 4.87. The second kappa shape index (κ2) is 5.09. The molecule has 1 atom stereocenters. The number of nitrogens with zero attached hydrogens (tertiary/aromatic N) is 3. The van der Waals surface area contributed by atoms with E-state index in [1.54, 1.807) is 12.1 Å². The van der Waals surface area contributed by atoms with E-state index in [0.717, 1.165) is 33.7 Å². The number of phenols is 1. The second-order valence-corrected chi connectivity index (χ2v) is 6.25. The van der Waals surface area contributed by atoms with E-state index in [2.05, 4.69) is 6.07 Å². The van der Waals surface area contributed by atoms with E-state index < -0.39 is 0 Å². The van der Waals surface area contributed by atoms with Crippen LogP contribution in [0.15, 0.2) is 36.4 Å². The van der Waals surface area contributed by atoms with Gasteiger partial charge in [-0.1, -0.05) is 0 Å². The Bertz CT molecular complexity index is 957. The summed E-state index contributed by atoms with van der Waals surface area (Å²) in [5.74, 6) is 1.12. The van der Waals surface area contributed by atoms with Crippen LogP contribution >= 0.6 is 0 Å². The summed E-state index contributed by atoms with van der Waals surface area (Å²) in [5, 5.41) is 9.47. The Hall–Kier alpha value is -2.82. The number of likely N-dealkylation sites (N-methyl/N-ethyl adjacent to an activating group) is 1. The first kappa shape index (κ1) is 14.8. The molecular weight excluding hydrogens is 302 g/mol. The SMILES string of the molecule is CCN1C(=O)C(C)c2cc3c(cc21)nc(-c1ccc(O)cc1)n3C. The highest BCUT2D eigenvalue weighted by molar-refractivity contribution is 6.07. The third-order valence-corrected chi connectivity index (χ3v) is 4.86. The number of aromatic hydroxyl groups is 1. The number of aromatic nitrogens is 2. The average molecular weight is 321 g/mol. The molecule has 0 saturated carbocycles. The smallest absolute Gasteiger partial charge is 0.234 e. The van der Waals surface area contributed by atoms with Gasteiger partial charge >= 0.3 is 0 Å². The molecule has 0 aliphatic carbocycles. The van der Waals surface area contributed by atoms with Crippen LogP contribution in [0.2, 0.25) is 0 Å². The molecule has 24 heavy (non-hydrogen) atoms. The zero-order valence-corrected chi connectivity index (χ0v) is 13.9. The standard InChI is InChI=1S/C19H19N3O2/c1-4-22-16-10-15-17(9-14(16)11(2)19(22)24)21(3)18(20-15)12-5-7-13(23)8-6-12/h5-11,23H,4H2,1-3H3. The zero-order chi connectivity index (χ0) is 17.0. The molecule has 5 nitrogen and oxygen atoms in total. The average Bonchev–Trinajstić information content (AvgIpc) is 3.02. The maximum absolute atomic E-state index is 12.4. The number of carbonyl (C=O) groups excluding carboxylic acids is 1. The number of benzene rings is 2. The molecule has 0 fully saturated rings. The molecule has 1 unspecified atom stereocenters. The Labute approximate surface area is 140 Å². The fourth-order valence-electron chi connectivity index (χ4n) is 3.50. The normalized spacial score (nSPS) is 16.9. The van der Waals surface area contributed by atoms with Crippen LogP contribution in [0.1, 0.15) is 25.3 Å². The van der Waals surface area contributed by atoms with Crippen LogP contribution in [0.4, 0.5) is 5.69 Å². The maximum atomic E-state index is 12.4. The third-order valence-electron chi connectivity index (χ3n) is 4.86. The first-order chi connectivity index (χ1) is 11.5. The quantitative estimate of drug-likeness (QED) is 0.787. The highest BCUT2D eigenvalue weighted by Crippen LogP contribution is 2.40. The first-order valence-electron chi connectivity index (χ1n) is 8.12. The van der Waals surface area contributed by atoms with Gasteiger partial charge in [-0.15, -0.1) is 0 Å². The van der Waals surface area contributed by atoms with Gasteiger partial charge in [0.1, 0.15) is 11.6 Å². The lowest BCUT2D eigenvalue weighted by Crippen LogP contribution is -2.27. The number of hydrogen-bond donors (Lipinski definition) is 1. The van der Waals surface area contributed by atoms with Crippen molar-refractivity contribution in [3.63, 3.8) is 0 Å². The summed E-state index contributed by atoms with van der Waals surface area (Å²) in [7, 11) is 1.98. The largest absolute Gasteiger partial charge is 0.508 e. The molecule has 1 aliphatic rings. The maximum Gasteiger partial charge on any atom is 0.234 e. The molecule has 1 aliphatic heterocycles. The molecule has 0 spiro atoms. The molecule has 3 aromatic rings. The summed E-state index contributed by atoms with van der Waals surface area (Å²) in [6.45, 7) is 4.61. The number of imidazole rings is 1. The van der Waals surface area contributed by atoms with E-state index in [1.165, 1.54) is 0 Å². The number of amides is 1. The minimum atomic E-state index is -0.114. The van der Waals surface area contributed by atoms with Gasteiger partial charge in [0.2, 0.25) is 5.91 Å². The predicted octanol–water partition coefficient (Wildman–Crippen LogP) is 3.42. The monoisotopic (exact) mass is 321 g/mol. The van der Waals surface area contributed by atoms with E-state index in [0.29, 0.717) is 6.54 Å². The van der Waals surface area contributed by atoms with Crippen molar-refractivity contribution in [1.29, 1.82) is 0 Å². The van der Waals surface area contributed by atoms with Crippen molar-refractivity contribution in [2.24, 2.45) is 7.05 Å². The molecule has 1 amide bonds. The highest BCUT2D eigenvalue weighted by atomic mass is 16.3. The van der Waals surface area contributed by atoms with Crippen LogP contribution in [0.3, 0.4) is 0 Å². The van der Waals surface area contributed by atoms with E-state index in [-0.39, 0.29) is 17.6 Å². The molecule has 1 N–H and O–H groups in total. The van der Waals surface area contributed by atoms with Crippen molar-refractivity contribution in [2.75, 3.05) is 11.4 Å². The second-order valence-electron chi connectivity index (χ2n) is 6.25. The van der Waals surface area contributed by atoms with Gasteiger partial charge in [0, 0.05) is 24.8 Å². The van der Waals surface area contributed by atoms with E-state index in [4.69, 9.17) is 4.98 Å². The summed E-state index contributed by atoms with van der Waals surface area (Å²) in [6, 6.07) is 11.1. The molecule has 5 heteroatoms. The van der Waals surface area contributed by atoms with Gasteiger partial charge < -0.3 is 14.6 Å². The molecular formula is C19H19N3O2. The molecule has 0 saturated heterocycles. The Morgan fingerprint density at radius 3 is 2.58 bits per heavy atom. The third kappa shape index (κ3) is 1.94.